The van der Waals surface area contributed by atoms with Gasteiger partial charge in [-0.25, -0.2) is 0 Å². The van der Waals surface area contributed by atoms with Crippen LogP contribution in [-0.2, 0) is 4.79 Å². The van der Waals surface area contributed by atoms with Gasteiger partial charge in [-0.2, -0.15) is 0 Å². The second-order valence-electron chi connectivity index (χ2n) is 3.85. The van der Waals surface area contributed by atoms with Crippen molar-refractivity contribution in [1.29, 1.82) is 0 Å². The standard InChI is InChI=1S/C11H11NOS2/c1-11(2)9(13)12(10(14)15-11)8-6-4-3-5-7-8/h3-7H,1-2H3. The number of carbonyl (C=O) groups is 1. The third-order valence-corrected chi connectivity index (χ3v) is 3.73. The van der Waals surface area contributed by atoms with E-state index in [4.69, 9.17) is 12.2 Å². The minimum absolute atomic E-state index is 0.0590. The van der Waals surface area contributed by atoms with Gasteiger partial charge in [0.2, 0.25) is 5.91 Å². The molecule has 1 saturated heterocycles. The fourth-order valence-corrected chi connectivity index (χ4v) is 3.17. The van der Waals surface area contributed by atoms with E-state index in [0.717, 1.165) is 5.69 Å². The molecule has 1 aliphatic rings. The van der Waals surface area contributed by atoms with Crippen LogP contribution >= 0.6 is 24.0 Å². The lowest BCUT2D eigenvalue weighted by molar-refractivity contribution is -0.118. The summed E-state index contributed by atoms with van der Waals surface area (Å²) in [5, 5.41) is 0. The Balaban J connectivity index is 2.40. The molecule has 0 bridgehead atoms. The van der Waals surface area contributed by atoms with Gasteiger partial charge in [-0.05, 0) is 26.0 Å². The minimum atomic E-state index is -0.438. The molecule has 0 unspecified atom stereocenters. The molecule has 2 nitrogen and oxygen atoms in total. The molecule has 0 radical (unpaired) electrons. The summed E-state index contributed by atoms with van der Waals surface area (Å²) in [5.41, 5.74) is 0.852. The third kappa shape index (κ3) is 1.79. The average Bonchev–Trinajstić information content (AvgIpc) is 2.38. The first kappa shape index (κ1) is 10.6. The highest BCUT2D eigenvalue weighted by atomic mass is 32.2. The molecule has 0 spiro atoms. The van der Waals surface area contributed by atoms with Gasteiger partial charge in [0.25, 0.3) is 0 Å². The highest BCUT2D eigenvalue weighted by molar-refractivity contribution is 8.25. The summed E-state index contributed by atoms with van der Waals surface area (Å²) in [6.07, 6.45) is 0. The van der Waals surface area contributed by atoms with Gasteiger partial charge in [0.15, 0.2) is 0 Å². The first-order chi connectivity index (χ1) is 7.02. The highest BCUT2D eigenvalue weighted by Crippen LogP contribution is 2.39. The summed E-state index contributed by atoms with van der Waals surface area (Å²) >= 11 is 6.66. The normalized spacial score (nSPS) is 19.7. The molecule has 1 aromatic carbocycles. The van der Waals surface area contributed by atoms with Gasteiger partial charge >= 0.3 is 0 Å². The quantitative estimate of drug-likeness (QED) is 0.701. The number of carbonyl (C=O) groups excluding carboxylic acids is 1. The molecule has 0 aromatic heterocycles. The van der Waals surface area contributed by atoms with Gasteiger partial charge in [-0.1, -0.05) is 42.2 Å². The molecule has 0 saturated carbocycles. The summed E-state index contributed by atoms with van der Waals surface area (Å²) in [5.74, 6) is 0.0590. The number of hydrogen-bond acceptors (Lipinski definition) is 3. The molecule has 1 fully saturated rings. The van der Waals surface area contributed by atoms with E-state index in [-0.39, 0.29) is 5.91 Å². The molecule has 0 atom stereocenters. The minimum Gasteiger partial charge on any atom is -0.272 e. The van der Waals surface area contributed by atoms with Crippen molar-refractivity contribution in [2.75, 3.05) is 4.90 Å². The number of anilines is 1. The SMILES string of the molecule is CC1(C)SC(=S)N(c2ccccc2)C1=O. The fourth-order valence-electron chi connectivity index (χ4n) is 1.46. The topological polar surface area (TPSA) is 20.3 Å². The molecule has 0 N–H and O–H groups in total. The van der Waals surface area contributed by atoms with E-state index in [1.165, 1.54) is 11.8 Å². The Morgan fingerprint density at radius 1 is 1.27 bits per heavy atom. The molecule has 1 aliphatic heterocycles. The lowest BCUT2D eigenvalue weighted by atomic mass is 10.1. The second kappa shape index (κ2) is 3.61. The van der Waals surface area contributed by atoms with E-state index in [0.29, 0.717) is 4.32 Å². The molecule has 4 heteroatoms. The lowest BCUT2D eigenvalue weighted by Gasteiger charge is -2.17. The van der Waals surface area contributed by atoms with Gasteiger partial charge in [0.1, 0.15) is 4.32 Å². The summed E-state index contributed by atoms with van der Waals surface area (Å²) in [7, 11) is 0. The Labute approximate surface area is 98.7 Å². The Kier molecular flexibility index (Phi) is 2.56. The van der Waals surface area contributed by atoms with Crippen LogP contribution in [0.25, 0.3) is 0 Å². The van der Waals surface area contributed by atoms with Gasteiger partial charge in [-0.3, -0.25) is 9.69 Å². The number of amides is 1. The molecular formula is C11H11NOS2. The number of para-hydroxylation sites is 1. The highest BCUT2D eigenvalue weighted by Gasteiger charge is 2.44. The molecule has 15 heavy (non-hydrogen) atoms. The molecule has 0 aliphatic carbocycles. The van der Waals surface area contributed by atoms with Crippen LogP contribution in [-0.4, -0.2) is 15.0 Å². The Hall–Kier alpha value is -0.870. The average molecular weight is 237 g/mol. The van der Waals surface area contributed by atoms with E-state index < -0.39 is 4.75 Å². The lowest BCUT2D eigenvalue weighted by Crippen LogP contribution is -2.35. The molecule has 2 rings (SSSR count). The predicted octanol–water partition coefficient (Wildman–Crippen LogP) is 2.83. The first-order valence-electron chi connectivity index (χ1n) is 4.65. The smallest absolute Gasteiger partial charge is 0.248 e. The second-order valence-corrected chi connectivity index (χ2v) is 6.11. The van der Waals surface area contributed by atoms with E-state index in [2.05, 4.69) is 0 Å². The zero-order valence-corrected chi connectivity index (χ0v) is 10.2. The Morgan fingerprint density at radius 3 is 2.33 bits per heavy atom. The number of benzene rings is 1. The van der Waals surface area contributed by atoms with Crippen LogP contribution in [0.5, 0.6) is 0 Å². The van der Waals surface area contributed by atoms with Crippen molar-refractivity contribution in [2.45, 2.75) is 18.6 Å². The Bertz CT molecular complexity index is 414. The van der Waals surface area contributed by atoms with Crippen molar-refractivity contribution < 1.29 is 4.79 Å². The van der Waals surface area contributed by atoms with Crippen molar-refractivity contribution in [3.8, 4) is 0 Å². The van der Waals surface area contributed by atoms with Crippen LogP contribution in [0.4, 0.5) is 5.69 Å². The van der Waals surface area contributed by atoms with E-state index in [1.807, 2.05) is 44.2 Å². The van der Waals surface area contributed by atoms with Crippen molar-refractivity contribution >= 4 is 39.9 Å². The van der Waals surface area contributed by atoms with Crippen LogP contribution in [0, 0.1) is 0 Å². The van der Waals surface area contributed by atoms with Gasteiger partial charge in [0.05, 0.1) is 10.4 Å². The summed E-state index contributed by atoms with van der Waals surface area (Å²) in [6, 6.07) is 9.52. The van der Waals surface area contributed by atoms with Crippen molar-refractivity contribution in [3.63, 3.8) is 0 Å². The van der Waals surface area contributed by atoms with E-state index in [1.54, 1.807) is 4.90 Å². The largest absolute Gasteiger partial charge is 0.272 e. The fraction of sp³-hybridized carbons (Fsp3) is 0.273. The predicted molar refractivity (Wildman–Crippen MR) is 68.2 cm³/mol. The number of thiocarbonyl (C=S) groups is 1. The maximum Gasteiger partial charge on any atom is 0.248 e. The van der Waals surface area contributed by atoms with Crippen LogP contribution in [0.1, 0.15) is 13.8 Å². The summed E-state index contributed by atoms with van der Waals surface area (Å²) in [4.78, 5) is 13.7. The maximum atomic E-state index is 12.1. The number of hydrogen-bond donors (Lipinski definition) is 0. The Morgan fingerprint density at radius 2 is 1.87 bits per heavy atom. The van der Waals surface area contributed by atoms with E-state index >= 15 is 0 Å². The zero-order valence-electron chi connectivity index (χ0n) is 8.56. The van der Waals surface area contributed by atoms with Gasteiger partial charge in [0, 0.05) is 0 Å². The number of nitrogens with zero attached hydrogens (tertiary/aromatic N) is 1. The molecular weight excluding hydrogens is 226 g/mol. The van der Waals surface area contributed by atoms with Crippen LogP contribution in [0.15, 0.2) is 30.3 Å². The van der Waals surface area contributed by atoms with Crippen LogP contribution in [0.2, 0.25) is 0 Å². The van der Waals surface area contributed by atoms with Crippen LogP contribution < -0.4 is 4.90 Å². The summed E-state index contributed by atoms with van der Waals surface area (Å²) in [6.45, 7) is 3.80. The van der Waals surface area contributed by atoms with Crippen molar-refractivity contribution in [2.24, 2.45) is 0 Å². The first-order valence-corrected chi connectivity index (χ1v) is 5.87. The third-order valence-electron chi connectivity index (χ3n) is 2.26. The van der Waals surface area contributed by atoms with Crippen molar-refractivity contribution in [1.82, 2.24) is 0 Å². The maximum absolute atomic E-state index is 12.1. The van der Waals surface area contributed by atoms with E-state index in [9.17, 15) is 4.79 Å². The number of thioether (sulfide) groups is 1. The summed E-state index contributed by atoms with van der Waals surface area (Å²) < 4.78 is 0.198. The number of rotatable bonds is 1. The zero-order chi connectivity index (χ0) is 11.1. The van der Waals surface area contributed by atoms with Gasteiger partial charge < -0.3 is 0 Å². The van der Waals surface area contributed by atoms with Gasteiger partial charge in [-0.15, -0.1) is 0 Å². The molecule has 1 heterocycles. The molecule has 1 aromatic rings. The molecule has 78 valence electrons. The monoisotopic (exact) mass is 237 g/mol. The van der Waals surface area contributed by atoms with Crippen molar-refractivity contribution in [3.05, 3.63) is 30.3 Å². The molecule has 1 amide bonds. The van der Waals surface area contributed by atoms with Crippen LogP contribution in [0.3, 0.4) is 0 Å².